The van der Waals surface area contributed by atoms with Gasteiger partial charge in [0.15, 0.2) is 0 Å². The van der Waals surface area contributed by atoms with Crippen LogP contribution in [-0.4, -0.2) is 65.0 Å². The number of aryl methyl sites for hydroxylation is 1. The zero-order chi connectivity index (χ0) is 19.9. The van der Waals surface area contributed by atoms with Gasteiger partial charge in [0.2, 0.25) is 15.9 Å². The first-order chi connectivity index (χ1) is 12.8. The smallest absolute Gasteiger partial charge is 0.251 e. The summed E-state index contributed by atoms with van der Waals surface area (Å²) in [5, 5.41) is 2.70. The summed E-state index contributed by atoms with van der Waals surface area (Å²) >= 11 is 0. The highest BCUT2D eigenvalue weighted by atomic mass is 32.2. The third-order valence-corrected chi connectivity index (χ3v) is 5.90. The lowest BCUT2D eigenvalue weighted by molar-refractivity contribution is -0.129. The molecule has 2 N–H and O–H groups in total. The standard InChI is InChI=1S/C18H27N3O5S/c1-14-5-6-15(27(24,25)20-9-12-26-2)13-16(14)18(23)19-8-7-17(22)21-10-3-4-11-21/h5-6,13,20H,3-4,7-12H2,1-2H3,(H,19,23). The van der Waals surface area contributed by atoms with Gasteiger partial charge in [-0.05, 0) is 37.5 Å². The lowest BCUT2D eigenvalue weighted by atomic mass is 10.1. The third-order valence-electron chi connectivity index (χ3n) is 4.45. The molecule has 8 nitrogen and oxygen atoms in total. The first kappa shape index (κ1) is 21.3. The topological polar surface area (TPSA) is 105 Å². The fourth-order valence-electron chi connectivity index (χ4n) is 2.88. The number of methoxy groups -OCH3 is 1. The second-order valence-corrected chi connectivity index (χ2v) is 8.23. The SMILES string of the molecule is COCCNS(=O)(=O)c1ccc(C)c(C(=O)NCCC(=O)N2CCCC2)c1. The van der Waals surface area contributed by atoms with Crippen LogP contribution in [0.5, 0.6) is 0 Å². The highest BCUT2D eigenvalue weighted by Crippen LogP contribution is 2.16. The molecule has 0 radical (unpaired) electrons. The molecule has 2 amide bonds. The van der Waals surface area contributed by atoms with E-state index in [1.165, 1.54) is 19.2 Å². The van der Waals surface area contributed by atoms with E-state index in [1.54, 1.807) is 17.9 Å². The summed E-state index contributed by atoms with van der Waals surface area (Å²) in [6.07, 6.45) is 2.29. The van der Waals surface area contributed by atoms with E-state index in [9.17, 15) is 18.0 Å². The Hall–Kier alpha value is -1.97. The number of carbonyl (C=O) groups is 2. The van der Waals surface area contributed by atoms with Crippen molar-refractivity contribution in [2.24, 2.45) is 0 Å². The van der Waals surface area contributed by atoms with Gasteiger partial charge in [-0.1, -0.05) is 6.07 Å². The number of ether oxygens (including phenoxy) is 1. The number of nitrogens with zero attached hydrogens (tertiary/aromatic N) is 1. The Bertz CT molecular complexity index is 773. The van der Waals surface area contributed by atoms with E-state index in [0.717, 1.165) is 25.9 Å². The molecule has 0 unspecified atom stereocenters. The van der Waals surface area contributed by atoms with Gasteiger partial charge in [0, 0.05) is 45.3 Å². The number of rotatable bonds is 9. The van der Waals surface area contributed by atoms with Gasteiger partial charge in [0.1, 0.15) is 0 Å². The molecule has 1 heterocycles. The fourth-order valence-corrected chi connectivity index (χ4v) is 3.92. The maximum Gasteiger partial charge on any atom is 0.251 e. The molecule has 0 bridgehead atoms. The number of amides is 2. The van der Waals surface area contributed by atoms with Gasteiger partial charge in [0.05, 0.1) is 11.5 Å². The van der Waals surface area contributed by atoms with Crippen molar-refractivity contribution < 1.29 is 22.7 Å². The Balaban J connectivity index is 1.97. The zero-order valence-electron chi connectivity index (χ0n) is 15.8. The average Bonchev–Trinajstić information content (AvgIpc) is 3.16. The Morgan fingerprint density at radius 3 is 2.56 bits per heavy atom. The monoisotopic (exact) mass is 397 g/mol. The van der Waals surface area contributed by atoms with Crippen LogP contribution in [0.3, 0.4) is 0 Å². The van der Waals surface area contributed by atoms with Crippen LogP contribution in [-0.2, 0) is 19.6 Å². The molecule has 1 aromatic rings. The molecule has 1 aromatic carbocycles. The van der Waals surface area contributed by atoms with Gasteiger partial charge < -0.3 is 15.0 Å². The summed E-state index contributed by atoms with van der Waals surface area (Å²) in [7, 11) is -2.24. The van der Waals surface area contributed by atoms with Crippen molar-refractivity contribution in [3.05, 3.63) is 29.3 Å². The second kappa shape index (κ2) is 9.82. The van der Waals surface area contributed by atoms with Gasteiger partial charge in [-0.25, -0.2) is 13.1 Å². The first-order valence-electron chi connectivity index (χ1n) is 9.00. The minimum absolute atomic E-state index is 0.0162. The predicted octanol–water partition coefficient (Wildman–Crippen LogP) is 0.662. The minimum Gasteiger partial charge on any atom is -0.383 e. The number of carbonyl (C=O) groups excluding carboxylic acids is 2. The van der Waals surface area contributed by atoms with E-state index in [0.29, 0.717) is 5.56 Å². The highest BCUT2D eigenvalue weighted by Gasteiger charge is 2.19. The summed E-state index contributed by atoms with van der Waals surface area (Å²) in [4.78, 5) is 26.3. The Kier molecular flexibility index (Phi) is 7.76. The summed E-state index contributed by atoms with van der Waals surface area (Å²) in [5.41, 5.74) is 0.937. The molecule has 9 heteroatoms. The van der Waals surface area contributed by atoms with Gasteiger partial charge in [-0.15, -0.1) is 0 Å². The van der Waals surface area contributed by atoms with E-state index < -0.39 is 15.9 Å². The molecule has 0 saturated carbocycles. The summed E-state index contributed by atoms with van der Waals surface area (Å²) in [6, 6.07) is 4.40. The van der Waals surface area contributed by atoms with Crippen molar-refractivity contribution in [2.45, 2.75) is 31.1 Å². The molecule has 1 fully saturated rings. The Morgan fingerprint density at radius 1 is 1.19 bits per heavy atom. The molecular formula is C18H27N3O5S. The van der Waals surface area contributed by atoms with Gasteiger partial charge >= 0.3 is 0 Å². The fraction of sp³-hybridized carbons (Fsp3) is 0.556. The second-order valence-electron chi connectivity index (χ2n) is 6.46. The number of benzene rings is 1. The summed E-state index contributed by atoms with van der Waals surface area (Å²) < 4.78 is 31.8. The molecule has 1 aliphatic heterocycles. The summed E-state index contributed by atoms with van der Waals surface area (Å²) in [6.45, 7) is 3.91. The normalized spacial score (nSPS) is 14.4. The number of hydrogen-bond acceptors (Lipinski definition) is 5. The van der Waals surface area contributed by atoms with Crippen LogP contribution in [0, 0.1) is 6.92 Å². The van der Waals surface area contributed by atoms with E-state index in [2.05, 4.69) is 10.0 Å². The van der Waals surface area contributed by atoms with Crippen LogP contribution in [0.1, 0.15) is 35.2 Å². The number of hydrogen-bond donors (Lipinski definition) is 2. The maximum absolute atomic E-state index is 12.4. The highest BCUT2D eigenvalue weighted by molar-refractivity contribution is 7.89. The van der Waals surface area contributed by atoms with Gasteiger partial charge in [0.25, 0.3) is 5.91 Å². The largest absolute Gasteiger partial charge is 0.383 e. The third kappa shape index (κ3) is 6.02. The van der Waals surface area contributed by atoms with Crippen LogP contribution in [0.15, 0.2) is 23.1 Å². The quantitative estimate of drug-likeness (QED) is 0.596. The molecule has 0 aliphatic carbocycles. The predicted molar refractivity (Wildman–Crippen MR) is 101 cm³/mol. The number of nitrogens with one attached hydrogen (secondary N) is 2. The van der Waals surface area contributed by atoms with Crippen LogP contribution in [0.2, 0.25) is 0 Å². The Labute approximate surface area is 160 Å². The molecule has 150 valence electrons. The molecular weight excluding hydrogens is 370 g/mol. The molecule has 1 aliphatic rings. The van der Waals surface area contributed by atoms with Crippen LogP contribution in [0.25, 0.3) is 0 Å². The summed E-state index contributed by atoms with van der Waals surface area (Å²) in [5.74, 6) is -0.362. The van der Waals surface area contributed by atoms with Crippen molar-refractivity contribution in [3.8, 4) is 0 Å². The van der Waals surface area contributed by atoms with Crippen LogP contribution < -0.4 is 10.0 Å². The van der Waals surface area contributed by atoms with Gasteiger partial charge in [-0.2, -0.15) is 0 Å². The van der Waals surface area contributed by atoms with Crippen molar-refractivity contribution >= 4 is 21.8 Å². The van der Waals surface area contributed by atoms with Crippen molar-refractivity contribution in [1.82, 2.24) is 14.9 Å². The number of sulfonamides is 1. The minimum atomic E-state index is -3.72. The van der Waals surface area contributed by atoms with Crippen molar-refractivity contribution in [2.75, 3.05) is 39.9 Å². The van der Waals surface area contributed by atoms with E-state index >= 15 is 0 Å². The van der Waals surface area contributed by atoms with Crippen LogP contribution in [0.4, 0.5) is 0 Å². The van der Waals surface area contributed by atoms with E-state index in [-0.39, 0.29) is 42.5 Å². The molecule has 2 rings (SSSR count). The average molecular weight is 397 g/mol. The van der Waals surface area contributed by atoms with E-state index in [1.807, 2.05) is 0 Å². The van der Waals surface area contributed by atoms with Crippen molar-refractivity contribution in [1.29, 1.82) is 0 Å². The van der Waals surface area contributed by atoms with Gasteiger partial charge in [-0.3, -0.25) is 9.59 Å². The van der Waals surface area contributed by atoms with Crippen molar-refractivity contribution in [3.63, 3.8) is 0 Å². The molecule has 0 atom stereocenters. The Morgan fingerprint density at radius 2 is 1.89 bits per heavy atom. The maximum atomic E-state index is 12.4. The molecule has 1 saturated heterocycles. The first-order valence-corrected chi connectivity index (χ1v) is 10.5. The molecule has 27 heavy (non-hydrogen) atoms. The lowest BCUT2D eigenvalue weighted by Gasteiger charge is -2.15. The zero-order valence-corrected chi connectivity index (χ0v) is 16.6. The molecule has 0 aromatic heterocycles. The lowest BCUT2D eigenvalue weighted by Crippen LogP contribution is -2.33. The number of likely N-dealkylation sites (tertiary alicyclic amines) is 1. The van der Waals surface area contributed by atoms with Crippen LogP contribution >= 0.6 is 0 Å². The molecule has 0 spiro atoms. The van der Waals surface area contributed by atoms with E-state index in [4.69, 9.17) is 4.74 Å².